The van der Waals surface area contributed by atoms with Crippen LogP contribution in [0.5, 0.6) is 0 Å². The number of hydrogen-bond acceptors (Lipinski definition) is 5. The van der Waals surface area contributed by atoms with Gasteiger partial charge in [-0.1, -0.05) is 11.6 Å². The van der Waals surface area contributed by atoms with Gasteiger partial charge in [0.05, 0.1) is 12.7 Å². The van der Waals surface area contributed by atoms with Gasteiger partial charge in [-0.25, -0.2) is 14.6 Å². The lowest BCUT2D eigenvalue weighted by atomic mass is 10.1. The summed E-state index contributed by atoms with van der Waals surface area (Å²) < 4.78 is 9.77. The molecule has 1 rings (SSSR count). The van der Waals surface area contributed by atoms with Crippen LogP contribution in [-0.2, 0) is 14.3 Å². The molecule has 6 heteroatoms. The number of halogens is 1. The highest BCUT2D eigenvalue weighted by Crippen LogP contribution is 2.16. The van der Waals surface area contributed by atoms with E-state index in [1.54, 1.807) is 20.8 Å². The van der Waals surface area contributed by atoms with Crippen molar-refractivity contribution in [3.05, 3.63) is 34.6 Å². The zero-order chi connectivity index (χ0) is 15.3. The van der Waals surface area contributed by atoms with Crippen LogP contribution in [0.15, 0.2) is 18.3 Å². The average Bonchev–Trinajstić information content (AvgIpc) is 2.34. The van der Waals surface area contributed by atoms with Crippen molar-refractivity contribution in [1.82, 2.24) is 4.98 Å². The first kappa shape index (κ1) is 16.2. The molecule has 1 heterocycles. The van der Waals surface area contributed by atoms with Crippen molar-refractivity contribution in [2.24, 2.45) is 0 Å². The van der Waals surface area contributed by atoms with E-state index in [-0.39, 0.29) is 10.7 Å². The molecule has 0 saturated heterocycles. The van der Waals surface area contributed by atoms with E-state index >= 15 is 0 Å². The fraction of sp³-hybridized carbons (Fsp3) is 0.357. The number of hydrogen-bond donors (Lipinski definition) is 0. The zero-order valence-electron chi connectivity index (χ0n) is 11.8. The Morgan fingerprint density at radius 2 is 2.00 bits per heavy atom. The highest BCUT2D eigenvalue weighted by atomic mass is 35.5. The van der Waals surface area contributed by atoms with Crippen LogP contribution in [0.2, 0.25) is 5.15 Å². The minimum atomic E-state index is -0.579. The number of nitrogens with zero attached hydrogens (tertiary/aromatic N) is 1. The second kappa shape index (κ2) is 6.52. The summed E-state index contributed by atoms with van der Waals surface area (Å²) in [5, 5.41) is 0.166. The van der Waals surface area contributed by atoms with E-state index in [1.807, 2.05) is 0 Å². The fourth-order valence-corrected chi connectivity index (χ4v) is 1.51. The van der Waals surface area contributed by atoms with E-state index in [0.717, 1.165) is 0 Å². The van der Waals surface area contributed by atoms with E-state index in [1.165, 1.54) is 31.5 Å². The van der Waals surface area contributed by atoms with Gasteiger partial charge in [-0.2, -0.15) is 0 Å². The molecule has 0 bridgehead atoms. The Bertz CT molecular complexity index is 547. The van der Waals surface area contributed by atoms with Gasteiger partial charge in [-0.15, -0.1) is 0 Å². The van der Waals surface area contributed by atoms with Crippen molar-refractivity contribution in [2.75, 3.05) is 7.11 Å². The van der Waals surface area contributed by atoms with Gasteiger partial charge in [0.15, 0.2) is 0 Å². The third kappa shape index (κ3) is 5.01. The molecule has 0 fully saturated rings. The molecule has 0 aliphatic carbocycles. The maximum Gasteiger partial charge on any atom is 0.338 e. The number of pyridine rings is 1. The first-order valence-electron chi connectivity index (χ1n) is 5.88. The molecule has 0 N–H and O–H groups in total. The van der Waals surface area contributed by atoms with E-state index in [4.69, 9.17) is 16.3 Å². The van der Waals surface area contributed by atoms with E-state index < -0.39 is 17.5 Å². The van der Waals surface area contributed by atoms with Gasteiger partial charge in [0, 0.05) is 17.8 Å². The molecule has 5 nitrogen and oxygen atoms in total. The molecule has 1 aromatic rings. The molecule has 0 aliphatic rings. The third-order valence-corrected chi connectivity index (χ3v) is 2.32. The van der Waals surface area contributed by atoms with Crippen molar-refractivity contribution < 1.29 is 19.1 Å². The summed E-state index contributed by atoms with van der Waals surface area (Å²) in [5.74, 6) is -1.07. The molecule has 0 atom stereocenters. The molecule has 0 spiro atoms. The molecule has 108 valence electrons. The highest BCUT2D eigenvalue weighted by Gasteiger charge is 2.15. The van der Waals surface area contributed by atoms with Gasteiger partial charge in [-0.3, -0.25) is 0 Å². The van der Waals surface area contributed by atoms with E-state index in [0.29, 0.717) is 5.56 Å². The first-order chi connectivity index (χ1) is 9.23. The maximum absolute atomic E-state index is 11.6. The van der Waals surface area contributed by atoms with Gasteiger partial charge in [0.1, 0.15) is 10.8 Å². The predicted molar refractivity (Wildman–Crippen MR) is 75.5 cm³/mol. The Morgan fingerprint density at radius 1 is 1.35 bits per heavy atom. The quantitative estimate of drug-likeness (QED) is 0.487. The van der Waals surface area contributed by atoms with Crippen molar-refractivity contribution in [2.45, 2.75) is 26.4 Å². The van der Waals surface area contributed by atoms with Crippen LogP contribution in [0.4, 0.5) is 0 Å². The highest BCUT2D eigenvalue weighted by molar-refractivity contribution is 6.29. The largest absolute Gasteiger partial charge is 0.465 e. The van der Waals surface area contributed by atoms with Gasteiger partial charge < -0.3 is 9.47 Å². The van der Waals surface area contributed by atoms with Crippen molar-refractivity contribution in [1.29, 1.82) is 0 Å². The number of carbonyl (C=O) groups is 2. The molecular formula is C14H16ClNO4. The van der Waals surface area contributed by atoms with Crippen LogP contribution < -0.4 is 0 Å². The lowest BCUT2D eigenvalue weighted by molar-refractivity contribution is -0.148. The Hall–Kier alpha value is -1.88. The van der Waals surface area contributed by atoms with Gasteiger partial charge in [0.25, 0.3) is 0 Å². The normalized spacial score (nSPS) is 11.4. The lowest BCUT2D eigenvalue weighted by Gasteiger charge is -2.17. The van der Waals surface area contributed by atoms with Crippen LogP contribution >= 0.6 is 11.6 Å². The number of methoxy groups -OCH3 is 1. The summed E-state index contributed by atoms with van der Waals surface area (Å²) in [6.07, 6.45) is 4.04. The number of rotatable bonds is 3. The summed E-state index contributed by atoms with van der Waals surface area (Å²) in [7, 11) is 1.26. The fourth-order valence-electron chi connectivity index (χ4n) is 1.35. The van der Waals surface area contributed by atoms with E-state index in [2.05, 4.69) is 9.72 Å². The van der Waals surface area contributed by atoms with Gasteiger partial charge >= 0.3 is 11.9 Å². The summed E-state index contributed by atoms with van der Waals surface area (Å²) in [4.78, 5) is 27.0. The van der Waals surface area contributed by atoms with Crippen molar-refractivity contribution in [3.63, 3.8) is 0 Å². The molecule has 0 aromatic carbocycles. The third-order valence-electron chi connectivity index (χ3n) is 2.11. The molecule has 1 aromatic heterocycles. The van der Waals surface area contributed by atoms with Gasteiger partial charge in [0.2, 0.25) is 0 Å². The lowest BCUT2D eigenvalue weighted by Crippen LogP contribution is -2.22. The molecule has 0 saturated carbocycles. The van der Waals surface area contributed by atoms with Crippen molar-refractivity contribution >= 4 is 29.6 Å². The van der Waals surface area contributed by atoms with Crippen LogP contribution in [-0.4, -0.2) is 29.6 Å². The smallest absolute Gasteiger partial charge is 0.338 e. The maximum atomic E-state index is 11.6. The average molecular weight is 298 g/mol. The summed E-state index contributed by atoms with van der Waals surface area (Å²) in [6, 6.07) is 1.38. The minimum Gasteiger partial charge on any atom is -0.465 e. The van der Waals surface area contributed by atoms with Crippen LogP contribution in [0.3, 0.4) is 0 Å². The standard InChI is InChI=1S/C14H16ClNO4/c1-14(2,3)20-12(17)6-5-9-8-16-11(15)7-10(9)13(18)19-4/h5-8H,1-4H3. The summed E-state index contributed by atoms with van der Waals surface area (Å²) in [6.45, 7) is 5.30. The van der Waals surface area contributed by atoms with Crippen molar-refractivity contribution in [3.8, 4) is 0 Å². The molecular weight excluding hydrogens is 282 g/mol. The molecule has 0 unspecified atom stereocenters. The second-order valence-corrected chi connectivity index (χ2v) is 5.34. The van der Waals surface area contributed by atoms with Gasteiger partial charge in [-0.05, 0) is 32.9 Å². The topological polar surface area (TPSA) is 65.5 Å². The van der Waals surface area contributed by atoms with Crippen LogP contribution in [0.1, 0.15) is 36.7 Å². The Morgan fingerprint density at radius 3 is 2.55 bits per heavy atom. The number of esters is 2. The number of carbonyl (C=O) groups excluding carboxylic acids is 2. The molecule has 0 aliphatic heterocycles. The monoisotopic (exact) mass is 297 g/mol. The zero-order valence-corrected chi connectivity index (χ0v) is 12.5. The molecule has 0 amide bonds. The Balaban J connectivity index is 2.97. The summed E-state index contributed by atoms with van der Waals surface area (Å²) >= 11 is 5.73. The minimum absolute atomic E-state index is 0.166. The predicted octanol–water partition coefficient (Wildman–Crippen LogP) is 2.88. The summed E-state index contributed by atoms with van der Waals surface area (Å²) in [5.41, 5.74) is 0.0737. The Kier molecular flexibility index (Phi) is 5.27. The molecule has 0 radical (unpaired) electrons. The number of ether oxygens (including phenoxy) is 2. The number of aromatic nitrogens is 1. The first-order valence-corrected chi connectivity index (χ1v) is 6.25. The second-order valence-electron chi connectivity index (χ2n) is 4.95. The van der Waals surface area contributed by atoms with E-state index in [9.17, 15) is 9.59 Å². The molecule has 20 heavy (non-hydrogen) atoms. The van der Waals surface area contributed by atoms with Crippen LogP contribution in [0.25, 0.3) is 6.08 Å². The van der Waals surface area contributed by atoms with Crippen LogP contribution in [0, 0.1) is 0 Å². The SMILES string of the molecule is COC(=O)c1cc(Cl)ncc1C=CC(=O)OC(C)(C)C. The Labute approximate surface area is 122 Å².